The van der Waals surface area contributed by atoms with Crippen molar-refractivity contribution in [2.45, 2.75) is 32.7 Å². The molecule has 0 spiro atoms. The van der Waals surface area contributed by atoms with E-state index in [0.717, 1.165) is 6.42 Å². The molecule has 0 heterocycles. The number of carbonyl (C=O) groups excluding carboxylic acids is 1. The average molecular weight is 292 g/mol. The fourth-order valence-electron chi connectivity index (χ4n) is 2.02. The third-order valence-corrected chi connectivity index (χ3v) is 3.67. The molecule has 116 valence electrons. The van der Waals surface area contributed by atoms with Gasteiger partial charge in [0.25, 0.3) is 0 Å². The standard InChI is InChI=1S/C16H24N2O3/c1-12-6-4-5-7-14(12)8-10-17-16(21)13(2)18(3)11-9-15(19)20/h4-7,13H,8-11H2,1-3H3,(H,17,21)(H,19,20). The first-order valence-electron chi connectivity index (χ1n) is 7.16. The Balaban J connectivity index is 2.36. The summed E-state index contributed by atoms with van der Waals surface area (Å²) >= 11 is 0. The lowest BCUT2D eigenvalue weighted by atomic mass is 10.1. The maximum absolute atomic E-state index is 12.0. The van der Waals surface area contributed by atoms with Crippen LogP contribution < -0.4 is 5.32 Å². The zero-order valence-corrected chi connectivity index (χ0v) is 12.9. The summed E-state index contributed by atoms with van der Waals surface area (Å²) in [5.74, 6) is -0.925. The van der Waals surface area contributed by atoms with Crippen LogP contribution in [-0.2, 0) is 16.0 Å². The molecule has 5 nitrogen and oxygen atoms in total. The molecule has 5 heteroatoms. The monoisotopic (exact) mass is 292 g/mol. The van der Waals surface area contributed by atoms with Crippen molar-refractivity contribution in [3.8, 4) is 0 Å². The van der Waals surface area contributed by atoms with Crippen LogP contribution in [0, 0.1) is 6.92 Å². The van der Waals surface area contributed by atoms with Gasteiger partial charge < -0.3 is 10.4 Å². The summed E-state index contributed by atoms with van der Waals surface area (Å²) in [4.78, 5) is 24.3. The van der Waals surface area contributed by atoms with Crippen LogP contribution in [0.5, 0.6) is 0 Å². The normalized spacial score (nSPS) is 12.2. The van der Waals surface area contributed by atoms with Crippen LogP contribution in [0.25, 0.3) is 0 Å². The van der Waals surface area contributed by atoms with Gasteiger partial charge in [-0.05, 0) is 38.4 Å². The molecular weight excluding hydrogens is 268 g/mol. The van der Waals surface area contributed by atoms with Crippen LogP contribution in [0.4, 0.5) is 0 Å². The maximum atomic E-state index is 12.0. The number of benzene rings is 1. The summed E-state index contributed by atoms with van der Waals surface area (Å²) < 4.78 is 0. The van der Waals surface area contributed by atoms with E-state index in [-0.39, 0.29) is 18.4 Å². The van der Waals surface area contributed by atoms with Gasteiger partial charge in [0.15, 0.2) is 0 Å². The molecule has 1 atom stereocenters. The van der Waals surface area contributed by atoms with Crippen molar-refractivity contribution >= 4 is 11.9 Å². The maximum Gasteiger partial charge on any atom is 0.304 e. The Hall–Kier alpha value is -1.88. The molecule has 21 heavy (non-hydrogen) atoms. The van der Waals surface area contributed by atoms with Gasteiger partial charge in [-0.25, -0.2) is 0 Å². The largest absolute Gasteiger partial charge is 0.481 e. The van der Waals surface area contributed by atoms with E-state index in [1.807, 2.05) is 12.1 Å². The van der Waals surface area contributed by atoms with Gasteiger partial charge in [0.2, 0.25) is 5.91 Å². The molecule has 1 aromatic rings. The molecule has 1 aromatic carbocycles. The van der Waals surface area contributed by atoms with Crippen molar-refractivity contribution in [3.63, 3.8) is 0 Å². The summed E-state index contributed by atoms with van der Waals surface area (Å²) in [6, 6.07) is 7.77. The quantitative estimate of drug-likeness (QED) is 0.761. The van der Waals surface area contributed by atoms with Gasteiger partial charge in [-0.3, -0.25) is 14.5 Å². The molecule has 0 radical (unpaired) electrons. The second-order valence-corrected chi connectivity index (χ2v) is 5.27. The number of hydrogen-bond donors (Lipinski definition) is 2. The Morgan fingerprint density at radius 2 is 2.00 bits per heavy atom. The molecule has 0 fully saturated rings. The van der Waals surface area contributed by atoms with E-state index >= 15 is 0 Å². The molecule has 0 aromatic heterocycles. The minimum Gasteiger partial charge on any atom is -0.481 e. The second kappa shape index (κ2) is 8.42. The highest BCUT2D eigenvalue weighted by Gasteiger charge is 2.17. The molecule has 1 rings (SSSR count). The van der Waals surface area contributed by atoms with Crippen LogP contribution in [-0.4, -0.2) is 48.1 Å². The number of aliphatic carboxylic acids is 1. The van der Waals surface area contributed by atoms with Crippen molar-refractivity contribution in [3.05, 3.63) is 35.4 Å². The minimum atomic E-state index is -0.853. The van der Waals surface area contributed by atoms with E-state index in [4.69, 9.17) is 5.11 Å². The van der Waals surface area contributed by atoms with Gasteiger partial charge in [0.1, 0.15) is 0 Å². The number of nitrogens with one attached hydrogen (secondary N) is 1. The molecule has 1 unspecified atom stereocenters. The zero-order valence-electron chi connectivity index (χ0n) is 12.9. The number of amides is 1. The van der Waals surface area contributed by atoms with E-state index in [9.17, 15) is 9.59 Å². The smallest absolute Gasteiger partial charge is 0.304 e. The number of likely N-dealkylation sites (N-methyl/N-ethyl adjacent to an activating group) is 1. The van der Waals surface area contributed by atoms with Gasteiger partial charge >= 0.3 is 5.97 Å². The summed E-state index contributed by atoms with van der Waals surface area (Å²) in [5, 5.41) is 11.5. The fourth-order valence-corrected chi connectivity index (χ4v) is 2.02. The molecule has 0 aliphatic heterocycles. The predicted molar refractivity (Wildman–Crippen MR) is 82.2 cm³/mol. The van der Waals surface area contributed by atoms with Gasteiger partial charge in [-0.2, -0.15) is 0 Å². The van der Waals surface area contributed by atoms with E-state index in [1.54, 1.807) is 18.9 Å². The molecule has 0 aliphatic rings. The molecule has 0 bridgehead atoms. The third-order valence-electron chi connectivity index (χ3n) is 3.67. The number of rotatable bonds is 8. The minimum absolute atomic E-state index is 0.0390. The number of carboxylic acids is 1. The lowest BCUT2D eigenvalue weighted by molar-refractivity contribution is -0.138. The highest BCUT2D eigenvalue weighted by Crippen LogP contribution is 2.07. The average Bonchev–Trinajstić information content (AvgIpc) is 2.45. The van der Waals surface area contributed by atoms with Crippen LogP contribution >= 0.6 is 0 Å². The predicted octanol–water partition coefficient (Wildman–Crippen LogP) is 1.45. The van der Waals surface area contributed by atoms with Crippen molar-refractivity contribution in [2.75, 3.05) is 20.1 Å². The zero-order chi connectivity index (χ0) is 15.8. The third kappa shape index (κ3) is 5.95. The first-order chi connectivity index (χ1) is 9.91. The number of carboxylic acid groups (broad SMARTS) is 1. The van der Waals surface area contributed by atoms with Gasteiger partial charge in [-0.15, -0.1) is 0 Å². The molecule has 0 aliphatic carbocycles. The molecule has 2 N–H and O–H groups in total. The highest BCUT2D eigenvalue weighted by molar-refractivity contribution is 5.81. The highest BCUT2D eigenvalue weighted by atomic mass is 16.4. The number of hydrogen-bond acceptors (Lipinski definition) is 3. The molecule has 1 amide bonds. The Morgan fingerprint density at radius 3 is 2.62 bits per heavy atom. The first kappa shape index (κ1) is 17.2. The van der Waals surface area contributed by atoms with Crippen molar-refractivity contribution in [1.29, 1.82) is 0 Å². The van der Waals surface area contributed by atoms with Crippen LogP contribution in [0.15, 0.2) is 24.3 Å². The van der Waals surface area contributed by atoms with E-state index in [2.05, 4.69) is 24.4 Å². The Morgan fingerprint density at radius 1 is 1.33 bits per heavy atom. The van der Waals surface area contributed by atoms with E-state index < -0.39 is 5.97 Å². The van der Waals surface area contributed by atoms with Crippen molar-refractivity contribution in [1.82, 2.24) is 10.2 Å². The fraction of sp³-hybridized carbons (Fsp3) is 0.500. The number of carbonyl (C=O) groups is 2. The number of nitrogens with zero attached hydrogens (tertiary/aromatic N) is 1. The van der Waals surface area contributed by atoms with Gasteiger partial charge in [0.05, 0.1) is 12.5 Å². The SMILES string of the molecule is Cc1ccccc1CCNC(=O)C(C)N(C)CCC(=O)O. The van der Waals surface area contributed by atoms with Gasteiger partial charge in [0, 0.05) is 13.1 Å². The lowest BCUT2D eigenvalue weighted by Crippen LogP contribution is -2.44. The topological polar surface area (TPSA) is 69.6 Å². The Kier molecular flexibility index (Phi) is 6.88. The van der Waals surface area contributed by atoms with Crippen molar-refractivity contribution in [2.24, 2.45) is 0 Å². The summed E-state index contributed by atoms with van der Waals surface area (Å²) in [7, 11) is 1.76. The van der Waals surface area contributed by atoms with E-state index in [0.29, 0.717) is 13.1 Å². The summed E-state index contributed by atoms with van der Waals surface area (Å²) in [6.45, 7) is 4.78. The van der Waals surface area contributed by atoms with Crippen LogP contribution in [0.2, 0.25) is 0 Å². The summed E-state index contributed by atoms with van der Waals surface area (Å²) in [5.41, 5.74) is 2.45. The molecular formula is C16H24N2O3. The molecule has 0 saturated carbocycles. The van der Waals surface area contributed by atoms with Crippen molar-refractivity contribution < 1.29 is 14.7 Å². The summed E-state index contributed by atoms with van der Waals surface area (Å²) in [6.07, 6.45) is 0.835. The second-order valence-electron chi connectivity index (χ2n) is 5.27. The van der Waals surface area contributed by atoms with Crippen LogP contribution in [0.3, 0.4) is 0 Å². The molecule has 0 saturated heterocycles. The first-order valence-corrected chi connectivity index (χ1v) is 7.16. The van der Waals surface area contributed by atoms with E-state index in [1.165, 1.54) is 11.1 Å². The Labute approximate surface area is 126 Å². The van der Waals surface area contributed by atoms with Crippen LogP contribution in [0.1, 0.15) is 24.5 Å². The number of aryl methyl sites for hydroxylation is 1. The van der Waals surface area contributed by atoms with Gasteiger partial charge in [-0.1, -0.05) is 24.3 Å². The Bertz CT molecular complexity index is 488. The lowest BCUT2D eigenvalue weighted by Gasteiger charge is -2.23.